The van der Waals surface area contributed by atoms with E-state index in [0.29, 0.717) is 32.4 Å². The zero-order valence-corrected chi connectivity index (χ0v) is 14.5. The number of carbonyl (C=O) groups is 1. The Morgan fingerprint density at radius 2 is 1.88 bits per heavy atom. The van der Waals surface area contributed by atoms with Crippen molar-refractivity contribution in [1.82, 2.24) is 14.5 Å². The zero-order chi connectivity index (χ0) is 18.0. The molecule has 140 valence electrons. The predicted molar refractivity (Wildman–Crippen MR) is 82.8 cm³/mol. The van der Waals surface area contributed by atoms with E-state index in [2.05, 4.69) is 5.32 Å². The van der Waals surface area contributed by atoms with Crippen molar-refractivity contribution in [3.8, 4) is 0 Å². The number of nitrogens with one attached hydrogen (secondary N) is 1. The van der Waals surface area contributed by atoms with E-state index in [1.54, 1.807) is 0 Å². The number of piperidine rings is 1. The molecule has 6 nitrogen and oxygen atoms in total. The minimum Gasteiger partial charge on any atom is -0.354 e. The van der Waals surface area contributed by atoms with Crippen molar-refractivity contribution < 1.29 is 26.4 Å². The maximum absolute atomic E-state index is 12.5. The number of hydrogen-bond acceptors (Lipinski definition) is 4. The highest BCUT2D eigenvalue weighted by molar-refractivity contribution is 7.88. The summed E-state index contributed by atoms with van der Waals surface area (Å²) in [5.41, 5.74) is 0. The van der Waals surface area contributed by atoms with E-state index >= 15 is 0 Å². The molecule has 0 spiro atoms. The molecule has 0 saturated carbocycles. The summed E-state index contributed by atoms with van der Waals surface area (Å²) in [7, 11) is -3.30. The number of halogens is 3. The highest BCUT2D eigenvalue weighted by Crippen LogP contribution is 2.23. The van der Waals surface area contributed by atoms with Crippen molar-refractivity contribution in [1.29, 1.82) is 0 Å². The lowest BCUT2D eigenvalue weighted by Crippen LogP contribution is -2.48. The van der Waals surface area contributed by atoms with Crippen LogP contribution in [0.4, 0.5) is 13.2 Å². The molecule has 0 bridgehead atoms. The average Bonchev–Trinajstić information content (AvgIpc) is 2.91. The number of amides is 1. The Labute approximate surface area is 140 Å². The second kappa shape index (κ2) is 7.57. The van der Waals surface area contributed by atoms with Gasteiger partial charge in [0.1, 0.15) is 0 Å². The number of sulfonamides is 1. The summed E-state index contributed by atoms with van der Waals surface area (Å²) in [6.07, 6.45) is -0.593. The molecule has 0 radical (unpaired) electrons. The number of nitrogens with zero attached hydrogens (tertiary/aromatic N) is 2. The minimum absolute atomic E-state index is 0.0891. The van der Waals surface area contributed by atoms with Gasteiger partial charge in [0, 0.05) is 25.7 Å². The first-order chi connectivity index (χ1) is 11.1. The molecule has 2 atom stereocenters. The molecular formula is C14H24F3N3O3S. The van der Waals surface area contributed by atoms with Crippen molar-refractivity contribution in [2.75, 3.05) is 39.0 Å². The van der Waals surface area contributed by atoms with Crippen molar-refractivity contribution in [2.45, 2.75) is 37.9 Å². The van der Waals surface area contributed by atoms with Crippen LogP contribution in [0.25, 0.3) is 0 Å². The SMILES string of the molecule is CS(=O)(=O)N1CCC[C@@H]1CNC(=O)C1CCCN(CC(F)(F)F)C1. The van der Waals surface area contributed by atoms with E-state index in [1.807, 2.05) is 0 Å². The summed E-state index contributed by atoms with van der Waals surface area (Å²) < 4.78 is 62.1. The van der Waals surface area contributed by atoms with Gasteiger partial charge in [-0.2, -0.15) is 17.5 Å². The third kappa shape index (κ3) is 5.59. The molecular weight excluding hydrogens is 347 g/mol. The molecule has 0 aromatic carbocycles. The van der Waals surface area contributed by atoms with Gasteiger partial charge in [-0.1, -0.05) is 0 Å². The first kappa shape index (κ1) is 19.5. The Balaban J connectivity index is 1.84. The quantitative estimate of drug-likeness (QED) is 0.776. The van der Waals surface area contributed by atoms with Gasteiger partial charge in [0.15, 0.2) is 0 Å². The lowest BCUT2D eigenvalue weighted by molar-refractivity contribution is -0.152. The van der Waals surface area contributed by atoms with Gasteiger partial charge >= 0.3 is 6.18 Å². The molecule has 2 aliphatic heterocycles. The van der Waals surface area contributed by atoms with Gasteiger partial charge in [0.25, 0.3) is 0 Å². The second-order valence-electron chi connectivity index (χ2n) is 6.60. The van der Waals surface area contributed by atoms with Crippen LogP contribution in [0.3, 0.4) is 0 Å². The number of carbonyl (C=O) groups excluding carboxylic acids is 1. The normalized spacial score (nSPS) is 27.3. The molecule has 10 heteroatoms. The zero-order valence-electron chi connectivity index (χ0n) is 13.7. The Hall–Kier alpha value is -0.870. The maximum Gasteiger partial charge on any atom is 0.401 e. The fourth-order valence-corrected chi connectivity index (χ4v) is 4.66. The Kier molecular flexibility index (Phi) is 6.14. The van der Waals surface area contributed by atoms with Gasteiger partial charge in [0.05, 0.1) is 18.7 Å². The topological polar surface area (TPSA) is 69.7 Å². The molecule has 2 fully saturated rings. The molecule has 2 aliphatic rings. The van der Waals surface area contributed by atoms with Crippen LogP contribution in [0.5, 0.6) is 0 Å². The van der Waals surface area contributed by atoms with Gasteiger partial charge in [-0.3, -0.25) is 9.69 Å². The van der Waals surface area contributed by atoms with Crippen LogP contribution in [0.2, 0.25) is 0 Å². The van der Waals surface area contributed by atoms with Gasteiger partial charge in [-0.15, -0.1) is 0 Å². The second-order valence-corrected chi connectivity index (χ2v) is 8.54. The molecule has 0 aliphatic carbocycles. The predicted octanol–water partition coefficient (Wildman–Crippen LogP) is 0.801. The number of rotatable bonds is 5. The molecule has 0 aromatic rings. The summed E-state index contributed by atoms with van der Waals surface area (Å²) in [6.45, 7) is 0.0880. The van der Waals surface area contributed by atoms with Crippen LogP contribution in [0.15, 0.2) is 0 Å². The van der Waals surface area contributed by atoms with Crippen molar-refractivity contribution in [3.05, 3.63) is 0 Å². The van der Waals surface area contributed by atoms with E-state index in [-0.39, 0.29) is 25.0 Å². The van der Waals surface area contributed by atoms with E-state index < -0.39 is 28.7 Å². The summed E-state index contributed by atoms with van der Waals surface area (Å²) in [4.78, 5) is 13.5. The van der Waals surface area contributed by atoms with E-state index in [1.165, 1.54) is 9.21 Å². The fourth-order valence-electron chi connectivity index (χ4n) is 3.48. The largest absolute Gasteiger partial charge is 0.401 e. The monoisotopic (exact) mass is 371 g/mol. The first-order valence-corrected chi connectivity index (χ1v) is 9.95. The molecule has 2 saturated heterocycles. The molecule has 2 rings (SSSR count). The summed E-state index contributed by atoms with van der Waals surface area (Å²) in [5, 5.41) is 2.73. The molecule has 1 unspecified atom stereocenters. The summed E-state index contributed by atoms with van der Waals surface area (Å²) in [6, 6.07) is -0.265. The molecule has 0 aromatic heterocycles. The van der Waals surface area contributed by atoms with Crippen molar-refractivity contribution >= 4 is 15.9 Å². The third-order valence-electron chi connectivity index (χ3n) is 4.54. The van der Waals surface area contributed by atoms with E-state index in [0.717, 1.165) is 12.7 Å². The van der Waals surface area contributed by atoms with Crippen LogP contribution in [-0.2, 0) is 14.8 Å². The number of hydrogen-bond donors (Lipinski definition) is 1. The van der Waals surface area contributed by atoms with Crippen LogP contribution in [0.1, 0.15) is 25.7 Å². The van der Waals surface area contributed by atoms with Gasteiger partial charge in [0.2, 0.25) is 15.9 Å². The average molecular weight is 371 g/mol. The van der Waals surface area contributed by atoms with Crippen molar-refractivity contribution in [2.24, 2.45) is 5.92 Å². The lowest BCUT2D eigenvalue weighted by atomic mass is 9.97. The molecule has 1 N–H and O–H groups in total. The Morgan fingerprint density at radius 3 is 2.50 bits per heavy atom. The van der Waals surface area contributed by atoms with Crippen LogP contribution >= 0.6 is 0 Å². The summed E-state index contributed by atoms with van der Waals surface area (Å²) in [5.74, 6) is -0.767. The Bertz CT molecular complexity index is 553. The Morgan fingerprint density at radius 1 is 1.21 bits per heavy atom. The summed E-state index contributed by atoms with van der Waals surface area (Å²) >= 11 is 0. The van der Waals surface area contributed by atoms with E-state index in [4.69, 9.17) is 0 Å². The van der Waals surface area contributed by atoms with Crippen LogP contribution in [0, 0.1) is 5.92 Å². The highest BCUT2D eigenvalue weighted by Gasteiger charge is 2.35. The number of alkyl halides is 3. The fraction of sp³-hybridized carbons (Fsp3) is 0.929. The van der Waals surface area contributed by atoms with E-state index in [9.17, 15) is 26.4 Å². The first-order valence-electron chi connectivity index (χ1n) is 8.10. The third-order valence-corrected chi connectivity index (χ3v) is 5.87. The standard InChI is InChI=1S/C14H24F3N3O3S/c1-24(22,23)20-7-3-5-12(20)8-18-13(21)11-4-2-6-19(9-11)10-14(15,16)17/h11-12H,2-10H2,1H3,(H,18,21)/t11?,12-/m1/s1. The smallest absolute Gasteiger partial charge is 0.354 e. The lowest BCUT2D eigenvalue weighted by Gasteiger charge is -2.32. The number of likely N-dealkylation sites (tertiary alicyclic amines) is 1. The van der Waals surface area contributed by atoms with Gasteiger partial charge < -0.3 is 5.32 Å². The molecule has 24 heavy (non-hydrogen) atoms. The van der Waals surface area contributed by atoms with Crippen molar-refractivity contribution in [3.63, 3.8) is 0 Å². The highest BCUT2D eigenvalue weighted by atomic mass is 32.2. The molecule has 1 amide bonds. The van der Waals surface area contributed by atoms with Gasteiger partial charge in [-0.05, 0) is 32.2 Å². The van der Waals surface area contributed by atoms with Gasteiger partial charge in [-0.25, -0.2) is 8.42 Å². The van der Waals surface area contributed by atoms with Crippen LogP contribution < -0.4 is 5.32 Å². The molecule has 2 heterocycles. The maximum atomic E-state index is 12.5. The minimum atomic E-state index is -4.27. The van der Waals surface area contributed by atoms with Crippen LogP contribution in [-0.4, -0.2) is 74.7 Å².